The highest BCUT2D eigenvalue weighted by atomic mass is 16.5. The van der Waals surface area contributed by atoms with Crippen LogP contribution < -0.4 is 0 Å². The molecule has 3 atom stereocenters. The van der Waals surface area contributed by atoms with E-state index in [2.05, 4.69) is 25.4 Å². The highest BCUT2D eigenvalue weighted by Gasteiger charge is 2.45. The summed E-state index contributed by atoms with van der Waals surface area (Å²) in [7, 11) is 0. The standard InChI is InChI=1S/C19H24N4O2/c24-19(16-11-15-4-5-17(16)25-15)22-9-7-21(8-10-22)12-14-13-23-6-2-1-3-18(23)20-14/h1-3,6,13,15-17H,4-5,7-12H2/t15-,16+,17-/m1/s1. The quantitative estimate of drug-likeness (QED) is 0.851. The predicted molar refractivity (Wildman–Crippen MR) is 93.1 cm³/mol. The summed E-state index contributed by atoms with van der Waals surface area (Å²) in [5, 5.41) is 0. The van der Waals surface area contributed by atoms with E-state index in [1.165, 1.54) is 0 Å². The van der Waals surface area contributed by atoms with E-state index in [0.717, 1.165) is 63.3 Å². The summed E-state index contributed by atoms with van der Waals surface area (Å²) in [6, 6.07) is 6.05. The van der Waals surface area contributed by atoms with Crippen molar-refractivity contribution in [2.75, 3.05) is 26.2 Å². The number of carbonyl (C=O) groups excluding carboxylic acids is 1. The van der Waals surface area contributed by atoms with Crippen LogP contribution in [0.25, 0.3) is 5.65 Å². The van der Waals surface area contributed by atoms with Crippen LogP contribution in [-0.4, -0.2) is 63.5 Å². The number of pyridine rings is 1. The molecule has 0 N–H and O–H groups in total. The molecule has 2 bridgehead atoms. The Balaban J connectivity index is 1.18. The molecule has 3 saturated heterocycles. The van der Waals surface area contributed by atoms with Gasteiger partial charge in [0.15, 0.2) is 0 Å². The van der Waals surface area contributed by atoms with Gasteiger partial charge in [-0.2, -0.15) is 0 Å². The van der Waals surface area contributed by atoms with Crippen molar-refractivity contribution >= 4 is 11.6 Å². The second-order valence-electron chi connectivity index (χ2n) is 7.52. The van der Waals surface area contributed by atoms with E-state index >= 15 is 0 Å². The zero-order valence-corrected chi connectivity index (χ0v) is 14.4. The Kier molecular flexibility index (Phi) is 3.75. The van der Waals surface area contributed by atoms with Gasteiger partial charge in [0.05, 0.1) is 23.8 Å². The molecule has 6 nitrogen and oxygen atoms in total. The minimum absolute atomic E-state index is 0.115. The Morgan fingerprint density at radius 3 is 2.80 bits per heavy atom. The van der Waals surface area contributed by atoms with Gasteiger partial charge in [-0.25, -0.2) is 4.98 Å². The van der Waals surface area contributed by atoms with Crippen molar-refractivity contribution in [1.29, 1.82) is 0 Å². The summed E-state index contributed by atoms with van der Waals surface area (Å²) < 4.78 is 7.92. The average Bonchev–Trinajstić information content (AvgIpc) is 3.36. The van der Waals surface area contributed by atoms with Crippen LogP contribution in [0.3, 0.4) is 0 Å². The molecule has 0 radical (unpaired) electrons. The Morgan fingerprint density at radius 2 is 2.08 bits per heavy atom. The number of amides is 1. The van der Waals surface area contributed by atoms with Gasteiger partial charge >= 0.3 is 0 Å². The van der Waals surface area contributed by atoms with Gasteiger partial charge in [0.25, 0.3) is 0 Å². The Hall–Kier alpha value is -1.92. The van der Waals surface area contributed by atoms with E-state index in [1.54, 1.807) is 0 Å². The lowest BCUT2D eigenvalue weighted by Crippen LogP contribution is -2.51. The topological polar surface area (TPSA) is 50.1 Å². The van der Waals surface area contributed by atoms with E-state index in [4.69, 9.17) is 4.74 Å². The smallest absolute Gasteiger partial charge is 0.228 e. The molecule has 0 spiro atoms. The van der Waals surface area contributed by atoms with Crippen LogP contribution in [0.4, 0.5) is 0 Å². The number of rotatable bonds is 3. The van der Waals surface area contributed by atoms with Crippen molar-refractivity contribution in [1.82, 2.24) is 19.2 Å². The minimum Gasteiger partial charge on any atom is -0.374 e. The van der Waals surface area contributed by atoms with Gasteiger partial charge in [0, 0.05) is 45.1 Å². The van der Waals surface area contributed by atoms with Crippen LogP contribution in [0.15, 0.2) is 30.6 Å². The molecule has 25 heavy (non-hydrogen) atoms. The summed E-state index contributed by atoms with van der Waals surface area (Å²) in [6.45, 7) is 4.32. The lowest BCUT2D eigenvalue weighted by Gasteiger charge is -2.36. The van der Waals surface area contributed by atoms with E-state index in [0.29, 0.717) is 12.0 Å². The SMILES string of the molecule is O=C([C@H]1C[C@H]2CC[C@H]1O2)N1CCN(Cc2cn3ccccc3n2)CC1. The number of imidazole rings is 1. The van der Waals surface area contributed by atoms with Crippen LogP contribution >= 0.6 is 0 Å². The summed E-state index contributed by atoms with van der Waals surface area (Å²) in [5.74, 6) is 0.434. The Labute approximate surface area is 147 Å². The molecule has 3 aliphatic rings. The largest absolute Gasteiger partial charge is 0.374 e. The van der Waals surface area contributed by atoms with E-state index in [-0.39, 0.29) is 12.0 Å². The van der Waals surface area contributed by atoms with Crippen LogP contribution in [0.5, 0.6) is 0 Å². The zero-order chi connectivity index (χ0) is 16.8. The fraction of sp³-hybridized carbons (Fsp3) is 0.579. The molecule has 0 aliphatic carbocycles. The Bertz CT molecular complexity index is 748. The molecule has 5 rings (SSSR count). The molecule has 0 saturated carbocycles. The number of fused-ring (bicyclic) bond motifs is 3. The molecule has 6 heteroatoms. The van der Waals surface area contributed by atoms with Crippen molar-refractivity contribution in [2.24, 2.45) is 5.92 Å². The maximum Gasteiger partial charge on any atom is 0.228 e. The van der Waals surface area contributed by atoms with Crippen molar-refractivity contribution in [3.8, 4) is 0 Å². The summed E-state index contributed by atoms with van der Waals surface area (Å²) in [5.41, 5.74) is 2.08. The molecule has 0 aromatic carbocycles. The first-order valence-electron chi connectivity index (χ1n) is 9.35. The lowest BCUT2D eigenvalue weighted by atomic mass is 9.88. The minimum atomic E-state index is 0.115. The fourth-order valence-corrected chi connectivity index (χ4v) is 4.55. The first kappa shape index (κ1) is 15.3. The molecular formula is C19H24N4O2. The Morgan fingerprint density at radius 1 is 1.20 bits per heavy atom. The number of hydrogen-bond donors (Lipinski definition) is 0. The van der Waals surface area contributed by atoms with Crippen molar-refractivity contribution in [3.05, 3.63) is 36.3 Å². The van der Waals surface area contributed by atoms with Gasteiger partial charge in [0.2, 0.25) is 5.91 Å². The van der Waals surface area contributed by atoms with Gasteiger partial charge < -0.3 is 14.0 Å². The van der Waals surface area contributed by atoms with Gasteiger partial charge in [-0.05, 0) is 31.4 Å². The molecule has 3 aliphatic heterocycles. The molecule has 0 unspecified atom stereocenters. The molecule has 3 fully saturated rings. The maximum atomic E-state index is 12.8. The molecule has 2 aromatic rings. The predicted octanol–water partition coefficient (Wildman–Crippen LogP) is 1.55. The van der Waals surface area contributed by atoms with Gasteiger partial charge in [-0.3, -0.25) is 9.69 Å². The van der Waals surface area contributed by atoms with Crippen molar-refractivity contribution in [2.45, 2.75) is 38.0 Å². The van der Waals surface area contributed by atoms with Gasteiger partial charge in [-0.1, -0.05) is 6.07 Å². The summed E-state index contributed by atoms with van der Waals surface area (Å²) in [4.78, 5) is 21.9. The lowest BCUT2D eigenvalue weighted by molar-refractivity contribution is -0.139. The van der Waals surface area contributed by atoms with Gasteiger partial charge in [0.1, 0.15) is 5.65 Å². The van der Waals surface area contributed by atoms with Crippen molar-refractivity contribution in [3.63, 3.8) is 0 Å². The fourth-order valence-electron chi connectivity index (χ4n) is 4.55. The third-order valence-electron chi connectivity index (χ3n) is 5.91. The highest BCUT2D eigenvalue weighted by molar-refractivity contribution is 5.80. The number of hydrogen-bond acceptors (Lipinski definition) is 4. The molecule has 132 valence electrons. The number of ether oxygens (including phenoxy) is 1. The second kappa shape index (κ2) is 6.11. The monoisotopic (exact) mass is 340 g/mol. The number of piperazine rings is 1. The van der Waals surface area contributed by atoms with Crippen LogP contribution in [0.2, 0.25) is 0 Å². The van der Waals surface area contributed by atoms with E-state index in [1.807, 2.05) is 24.4 Å². The van der Waals surface area contributed by atoms with Gasteiger partial charge in [-0.15, -0.1) is 0 Å². The number of aromatic nitrogens is 2. The maximum absolute atomic E-state index is 12.8. The zero-order valence-electron chi connectivity index (χ0n) is 14.4. The van der Waals surface area contributed by atoms with E-state index in [9.17, 15) is 4.79 Å². The second-order valence-corrected chi connectivity index (χ2v) is 7.52. The summed E-state index contributed by atoms with van der Waals surface area (Å²) >= 11 is 0. The molecule has 5 heterocycles. The first-order chi connectivity index (χ1) is 12.3. The molecule has 1 amide bonds. The van der Waals surface area contributed by atoms with Crippen molar-refractivity contribution < 1.29 is 9.53 Å². The third-order valence-corrected chi connectivity index (χ3v) is 5.91. The number of nitrogens with zero attached hydrogens (tertiary/aromatic N) is 4. The average molecular weight is 340 g/mol. The summed E-state index contributed by atoms with van der Waals surface area (Å²) in [6.07, 6.45) is 7.80. The van der Waals surface area contributed by atoms with Crippen LogP contribution in [-0.2, 0) is 16.1 Å². The normalized spacial score (nSPS) is 29.6. The molecular weight excluding hydrogens is 316 g/mol. The number of carbonyl (C=O) groups is 1. The first-order valence-corrected chi connectivity index (χ1v) is 9.35. The van der Waals surface area contributed by atoms with E-state index < -0.39 is 0 Å². The third kappa shape index (κ3) is 2.83. The van der Waals surface area contributed by atoms with Crippen LogP contribution in [0.1, 0.15) is 25.0 Å². The highest BCUT2D eigenvalue weighted by Crippen LogP contribution is 2.39. The van der Waals surface area contributed by atoms with Crippen LogP contribution in [0, 0.1) is 5.92 Å². The molecule has 2 aromatic heterocycles.